The lowest BCUT2D eigenvalue weighted by Gasteiger charge is -2.29. The molecule has 1 N–H and O–H groups in total. The van der Waals surface area contributed by atoms with Crippen molar-refractivity contribution in [3.63, 3.8) is 0 Å². The number of ether oxygens (including phenoxy) is 1. The van der Waals surface area contributed by atoms with Crippen LogP contribution in [0, 0.1) is 11.8 Å². The van der Waals surface area contributed by atoms with Crippen LogP contribution in [0.25, 0.3) is 0 Å². The van der Waals surface area contributed by atoms with Gasteiger partial charge in [0.05, 0.1) is 25.2 Å². The molecule has 0 unspecified atom stereocenters. The number of carbonyl (C=O) groups excluding carboxylic acids is 2. The monoisotopic (exact) mass is 1050 g/mol. The summed E-state index contributed by atoms with van der Waals surface area (Å²) in [6.07, 6.45) is 18.1. The number of likely N-dealkylation sites (N-methyl/N-ethyl adjacent to an activating group) is 7. The molecule has 0 bridgehead atoms. The van der Waals surface area contributed by atoms with Gasteiger partial charge >= 0.3 is 0 Å². The van der Waals surface area contributed by atoms with Crippen LogP contribution in [0.1, 0.15) is 99.0 Å². The van der Waals surface area contributed by atoms with E-state index in [1.165, 1.54) is 94.0 Å². The molecule has 430 valence electrons. The maximum atomic E-state index is 11.0. The van der Waals surface area contributed by atoms with E-state index in [-0.39, 0.29) is 31.2 Å². The van der Waals surface area contributed by atoms with Gasteiger partial charge in [0.2, 0.25) is 11.8 Å². The average molecular weight is 1050 g/mol. The smallest absolute Gasteiger partial charge is 0.250 e. The molecule has 0 saturated carbocycles. The average Bonchev–Trinajstić information content (AvgIpc) is 4.07. The van der Waals surface area contributed by atoms with Gasteiger partial charge in [-0.2, -0.15) is 5.10 Å². The summed E-state index contributed by atoms with van der Waals surface area (Å²) in [6.45, 7) is 41.9. The lowest BCUT2D eigenvalue weighted by molar-refractivity contribution is -0.128. The summed E-state index contributed by atoms with van der Waals surface area (Å²) in [4.78, 5) is 43.3. The third-order valence-corrected chi connectivity index (χ3v) is 15.5. The van der Waals surface area contributed by atoms with Gasteiger partial charge in [-0.1, -0.05) is 67.0 Å². The van der Waals surface area contributed by atoms with E-state index < -0.39 is 0 Å². The fraction of sp³-hybridized carbons (Fsp3) is 0.712. The van der Waals surface area contributed by atoms with Crippen molar-refractivity contribution in [2.45, 2.75) is 112 Å². The molecule has 0 radical (unpaired) electrons. The summed E-state index contributed by atoms with van der Waals surface area (Å²) in [6, 6.07) is 1.36. The first-order valence-corrected chi connectivity index (χ1v) is 27.4. The molecule has 8 aliphatic heterocycles. The Bertz CT molecular complexity index is 1800. The van der Waals surface area contributed by atoms with E-state index in [4.69, 9.17) is 4.74 Å². The van der Waals surface area contributed by atoms with Crippen molar-refractivity contribution in [1.82, 2.24) is 64.1 Å². The van der Waals surface area contributed by atoms with E-state index in [9.17, 15) is 9.59 Å². The van der Waals surface area contributed by atoms with Crippen molar-refractivity contribution < 1.29 is 14.3 Å². The number of carbonyl (C=O) groups is 2. The molecule has 1 aromatic heterocycles. The number of rotatable bonds is 2. The number of piperazine rings is 1. The summed E-state index contributed by atoms with van der Waals surface area (Å²) in [7, 11) is 22.5. The summed E-state index contributed by atoms with van der Waals surface area (Å²) in [5, 5.41) is 7.10. The Morgan fingerprint density at radius 3 is 1.51 bits per heavy atom. The number of nitrogens with one attached hydrogen (secondary N) is 1. The van der Waals surface area contributed by atoms with E-state index >= 15 is 0 Å². The molecule has 2 amide bonds. The number of likely N-dealkylation sites (tertiary alicyclic amines) is 3. The molecule has 16 heteroatoms. The first-order chi connectivity index (χ1) is 34.7. The van der Waals surface area contributed by atoms with Gasteiger partial charge in [-0.25, -0.2) is 0 Å². The van der Waals surface area contributed by atoms with Crippen molar-refractivity contribution in [2.24, 2.45) is 18.9 Å². The number of morpholine rings is 1. The number of piperidine rings is 2. The van der Waals surface area contributed by atoms with Gasteiger partial charge in [0.25, 0.3) is 0 Å². The van der Waals surface area contributed by atoms with Crippen LogP contribution in [-0.2, 0) is 21.4 Å². The van der Waals surface area contributed by atoms with E-state index in [0.29, 0.717) is 17.8 Å². The van der Waals surface area contributed by atoms with Crippen LogP contribution in [0.4, 0.5) is 0 Å². The van der Waals surface area contributed by atoms with Crippen LogP contribution in [0.15, 0.2) is 85.7 Å². The molecule has 7 fully saturated rings. The van der Waals surface area contributed by atoms with E-state index in [1.54, 1.807) is 19.0 Å². The zero-order valence-electron chi connectivity index (χ0n) is 50.0. The molecule has 75 heavy (non-hydrogen) atoms. The topological polar surface area (TPSA) is 106 Å². The first-order valence-electron chi connectivity index (χ1n) is 27.4. The zero-order chi connectivity index (χ0) is 55.8. The zero-order valence-corrected chi connectivity index (χ0v) is 50.0. The van der Waals surface area contributed by atoms with E-state index in [0.717, 1.165) is 68.4 Å². The summed E-state index contributed by atoms with van der Waals surface area (Å²) in [5.74, 6) is 3.59. The summed E-state index contributed by atoms with van der Waals surface area (Å²) >= 11 is 0. The lowest BCUT2D eigenvalue weighted by atomic mass is 9.94. The Balaban J connectivity index is 0.000000434. The lowest BCUT2D eigenvalue weighted by Crippen LogP contribution is -2.42. The summed E-state index contributed by atoms with van der Waals surface area (Å²) in [5.41, 5.74) is 4.47. The van der Waals surface area contributed by atoms with Gasteiger partial charge in [0.1, 0.15) is 11.9 Å². The molecule has 9 rings (SSSR count). The predicted octanol–water partition coefficient (Wildman–Crippen LogP) is 7.34. The Morgan fingerprint density at radius 2 is 1.20 bits per heavy atom. The minimum absolute atomic E-state index is 0. The fourth-order valence-corrected chi connectivity index (χ4v) is 8.61. The number of nitrogens with zero attached hydrogens (tertiary/aromatic N) is 12. The third-order valence-electron chi connectivity index (χ3n) is 15.5. The summed E-state index contributed by atoms with van der Waals surface area (Å²) < 4.78 is 7.05. The molecule has 9 heterocycles. The van der Waals surface area contributed by atoms with Gasteiger partial charge in [-0.15, -0.1) is 0 Å². The quantitative estimate of drug-likeness (QED) is 0.320. The molecular weight excluding hydrogens is 939 g/mol. The third kappa shape index (κ3) is 25.1. The van der Waals surface area contributed by atoms with Gasteiger partial charge < -0.3 is 54.2 Å². The van der Waals surface area contributed by atoms with Gasteiger partial charge in [0.15, 0.2) is 0 Å². The molecule has 16 nitrogen and oxygen atoms in total. The molecule has 1 aromatic rings. The molecule has 8 aliphatic rings. The largest absolute Gasteiger partial charge is 0.379 e. The first kappa shape index (κ1) is 68.6. The Hall–Kier alpha value is -4.45. The SMILES string of the molecule is C.C=C1C=CC([C@@H](C)c2cnn(C)c2)=CN1C.C=C1C[C@@H](C)C(=O)N1C.C=C1N(C)CCN1C.C=C1N[C@@H](C)C(=O)N1C.CC1CCN(C)CC1.CN1CCN(C)CC1.C[C@H]1CCCCN1C.C[C@H]1COCCN1C. The van der Waals surface area contributed by atoms with Crippen LogP contribution in [-0.4, -0.2) is 238 Å². The maximum absolute atomic E-state index is 11.0. The number of aryl methyl sites for hydroxylation is 1. The second-order valence-electron chi connectivity index (χ2n) is 22.1. The number of hydrogen-bond acceptors (Lipinski definition) is 13. The van der Waals surface area contributed by atoms with Crippen molar-refractivity contribution in [1.29, 1.82) is 0 Å². The molecular formula is C59H111N13O3. The highest BCUT2D eigenvalue weighted by Gasteiger charge is 2.28. The standard InChI is InChI=1S/C13H17N3.C7H11NO.2C7H15N.C6H10N2O.C6H12N2.C6H14N2.C6H13NO.CH4/c1-10-5-6-12(8-15(10)3)11(2)13-7-14-16(4)9-13;1-5-4-6(2)8(3)7(5)9;1-7-3-5-8(2)6-4-7;1-7-5-3-4-6-8(7)2;1-4-6(9)8(3)5(2)7-4;1-6-7(2)4-5-8(6)3;1-7-3-5-8(2)6-4-7;1-6-5-8-4-3-7(6)2;/h5-9,11H,1H2,2-4H3;5H,2,4H2,1,3H3;2*7H,3-6H2,1-2H3;4,7H,2H2,1,3H3;1,4-5H2,2-3H3;3-6H2,1-2H3;6H,3-5H2,1-2H3;1H4/t11-;5-;;7-;4-;;;6-;/m11.00..0./s1. The van der Waals surface area contributed by atoms with Crippen molar-refractivity contribution in [2.75, 3.05) is 149 Å². The van der Waals surface area contributed by atoms with Crippen molar-refractivity contribution >= 4 is 11.8 Å². The molecule has 7 saturated heterocycles. The predicted molar refractivity (Wildman–Crippen MR) is 317 cm³/mol. The van der Waals surface area contributed by atoms with Crippen molar-refractivity contribution in [3.8, 4) is 0 Å². The molecule has 0 aromatic carbocycles. The van der Waals surface area contributed by atoms with Crippen LogP contribution >= 0.6 is 0 Å². The van der Waals surface area contributed by atoms with Crippen LogP contribution in [0.3, 0.4) is 0 Å². The molecule has 0 spiro atoms. The van der Waals surface area contributed by atoms with Crippen LogP contribution in [0.5, 0.6) is 0 Å². The maximum Gasteiger partial charge on any atom is 0.250 e. The van der Waals surface area contributed by atoms with E-state index in [2.05, 4.69) is 167 Å². The van der Waals surface area contributed by atoms with E-state index in [1.807, 2.05) is 49.8 Å². The van der Waals surface area contributed by atoms with Crippen LogP contribution in [0.2, 0.25) is 0 Å². The number of aromatic nitrogens is 2. The van der Waals surface area contributed by atoms with Gasteiger partial charge in [-0.05, 0) is 131 Å². The molecule has 5 atom stereocenters. The Morgan fingerprint density at radius 1 is 0.653 bits per heavy atom. The highest BCUT2D eigenvalue weighted by atomic mass is 16.5. The number of amides is 2. The second-order valence-corrected chi connectivity index (χ2v) is 22.1. The Labute approximate surface area is 459 Å². The van der Waals surface area contributed by atoms with Crippen molar-refractivity contribution in [3.05, 3.63) is 91.2 Å². The highest BCUT2D eigenvalue weighted by molar-refractivity contribution is 5.85. The normalized spacial score (nSPS) is 25.1. The van der Waals surface area contributed by atoms with Gasteiger partial charge in [-0.3, -0.25) is 19.2 Å². The van der Waals surface area contributed by atoms with Gasteiger partial charge in [0, 0.05) is 136 Å². The second kappa shape index (κ2) is 35.1. The van der Waals surface area contributed by atoms with Crippen LogP contribution < -0.4 is 5.32 Å². The number of allylic oxidation sites excluding steroid dienone is 4. The highest BCUT2D eigenvalue weighted by Crippen LogP contribution is 2.28. The molecule has 0 aliphatic carbocycles. The minimum Gasteiger partial charge on any atom is -0.379 e. The Kier molecular flexibility index (Phi) is 32.1. The fourth-order valence-electron chi connectivity index (χ4n) is 8.61. The number of hydrogen-bond donors (Lipinski definition) is 1. The minimum atomic E-state index is -0.0949.